The molecule has 3 amide bonds. The molecule has 0 spiro atoms. The van der Waals surface area contributed by atoms with Crippen LogP contribution in [0.4, 0.5) is 4.79 Å². The number of carbonyl (C=O) groups is 2. The smallest absolute Gasteiger partial charge is 0.322 e. The van der Waals surface area contributed by atoms with Crippen molar-refractivity contribution < 1.29 is 14.7 Å². The van der Waals surface area contributed by atoms with E-state index in [-0.39, 0.29) is 36.1 Å². The van der Waals surface area contributed by atoms with Crippen LogP contribution in [0.25, 0.3) is 0 Å². The van der Waals surface area contributed by atoms with Gasteiger partial charge < -0.3 is 25.5 Å². The van der Waals surface area contributed by atoms with Gasteiger partial charge in [0.05, 0.1) is 17.7 Å². The van der Waals surface area contributed by atoms with Crippen molar-refractivity contribution in [2.75, 3.05) is 20.1 Å². The molecular weight excluding hydrogens is 324 g/mol. The summed E-state index contributed by atoms with van der Waals surface area (Å²) in [5.41, 5.74) is 0.578. The van der Waals surface area contributed by atoms with Gasteiger partial charge in [0.25, 0.3) is 0 Å². The fourth-order valence-electron chi connectivity index (χ4n) is 3.59. The molecule has 0 aliphatic carbocycles. The van der Waals surface area contributed by atoms with Crippen molar-refractivity contribution in [3.05, 3.63) is 23.4 Å². The van der Waals surface area contributed by atoms with Crippen LogP contribution < -0.4 is 16.0 Å². The summed E-state index contributed by atoms with van der Waals surface area (Å²) in [7, 11) is 1.84. The highest BCUT2D eigenvalue weighted by Crippen LogP contribution is 2.29. The third-order valence-corrected chi connectivity index (χ3v) is 5.07. The van der Waals surface area contributed by atoms with E-state index < -0.39 is 6.17 Å². The second-order valence-electron chi connectivity index (χ2n) is 6.61. The Hall–Kier alpha value is -2.89. The van der Waals surface area contributed by atoms with E-state index in [1.807, 2.05) is 18.0 Å². The Bertz CT molecular complexity index is 694. The van der Waals surface area contributed by atoms with Crippen LogP contribution in [-0.2, 0) is 4.79 Å². The summed E-state index contributed by atoms with van der Waals surface area (Å²) in [5.74, 6) is 0.706. The lowest BCUT2D eigenvalue weighted by molar-refractivity contribution is -0.132. The van der Waals surface area contributed by atoms with Gasteiger partial charge in [-0.05, 0) is 12.3 Å². The maximum absolute atomic E-state index is 12.1. The predicted molar refractivity (Wildman–Crippen MR) is 88.5 cm³/mol. The third-order valence-electron chi connectivity index (χ3n) is 5.07. The number of hydrogen-bond donors (Lipinski definition) is 4. The van der Waals surface area contributed by atoms with Gasteiger partial charge in [-0.2, -0.15) is 5.26 Å². The molecule has 3 unspecified atom stereocenters. The van der Waals surface area contributed by atoms with E-state index in [1.165, 1.54) is 6.20 Å². The number of urea groups is 1. The standard InChI is InChI=1S/C16H22N6O3/c1-9-4-6-22(12(24)3-5-17)8-10(9)21(2)15-13-11(23)7-18-14(13)19-16(25)20-15/h7,9-10,14,18,23H,3-4,6,8H2,1-2H3,(H2,19,20,25). The number of piperidine rings is 1. The van der Waals surface area contributed by atoms with E-state index in [1.54, 1.807) is 4.90 Å². The van der Waals surface area contributed by atoms with E-state index in [9.17, 15) is 14.7 Å². The van der Waals surface area contributed by atoms with E-state index in [4.69, 9.17) is 5.26 Å². The Morgan fingerprint density at radius 1 is 1.56 bits per heavy atom. The van der Waals surface area contributed by atoms with Gasteiger partial charge in [0.2, 0.25) is 5.91 Å². The number of fused-ring (bicyclic) bond motifs is 1. The molecule has 4 N–H and O–H groups in total. The lowest BCUT2D eigenvalue weighted by Gasteiger charge is -2.44. The van der Waals surface area contributed by atoms with E-state index in [0.29, 0.717) is 24.5 Å². The van der Waals surface area contributed by atoms with Crippen molar-refractivity contribution >= 4 is 11.9 Å². The quantitative estimate of drug-likeness (QED) is 0.567. The Kier molecular flexibility index (Phi) is 4.44. The van der Waals surface area contributed by atoms with Gasteiger partial charge in [0.15, 0.2) is 0 Å². The summed E-state index contributed by atoms with van der Waals surface area (Å²) in [6, 6.07) is 1.51. The van der Waals surface area contributed by atoms with Crippen molar-refractivity contribution in [3.8, 4) is 6.07 Å². The summed E-state index contributed by atoms with van der Waals surface area (Å²) < 4.78 is 0. The number of nitrogens with zero attached hydrogens (tertiary/aromatic N) is 3. The van der Waals surface area contributed by atoms with Gasteiger partial charge in [-0.15, -0.1) is 0 Å². The molecule has 0 aromatic carbocycles. The largest absolute Gasteiger partial charge is 0.506 e. The minimum atomic E-state index is -0.471. The molecule has 1 fully saturated rings. The molecule has 0 radical (unpaired) electrons. The lowest BCUT2D eigenvalue weighted by atomic mass is 9.91. The molecule has 3 aliphatic rings. The highest BCUT2D eigenvalue weighted by Gasteiger charge is 2.38. The molecule has 25 heavy (non-hydrogen) atoms. The van der Waals surface area contributed by atoms with Gasteiger partial charge in [-0.1, -0.05) is 6.92 Å². The molecule has 3 rings (SSSR count). The van der Waals surface area contributed by atoms with Crippen LogP contribution in [0.3, 0.4) is 0 Å². The number of hydrogen-bond acceptors (Lipinski definition) is 6. The molecule has 9 heteroatoms. The number of likely N-dealkylation sites (N-methyl/N-ethyl adjacent to an activating group) is 1. The zero-order valence-electron chi connectivity index (χ0n) is 14.2. The van der Waals surface area contributed by atoms with E-state index in [2.05, 4.69) is 22.9 Å². The summed E-state index contributed by atoms with van der Waals surface area (Å²) in [6.07, 6.45) is 1.66. The van der Waals surface area contributed by atoms with Crippen molar-refractivity contribution in [1.82, 2.24) is 25.8 Å². The highest BCUT2D eigenvalue weighted by atomic mass is 16.3. The normalized spacial score (nSPS) is 28.2. The second-order valence-corrected chi connectivity index (χ2v) is 6.61. The topological polar surface area (TPSA) is 121 Å². The molecule has 3 atom stereocenters. The van der Waals surface area contributed by atoms with Crippen molar-refractivity contribution in [2.45, 2.75) is 32.0 Å². The second kappa shape index (κ2) is 6.55. The predicted octanol–water partition coefficient (Wildman–Crippen LogP) is -0.0780. The van der Waals surface area contributed by atoms with Gasteiger partial charge in [-0.3, -0.25) is 10.1 Å². The molecule has 3 aliphatic heterocycles. The van der Waals surface area contributed by atoms with Crippen LogP contribution in [0.2, 0.25) is 0 Å². The minimum absolute atomic E-state index is 0.0358. The molecule has 0 aromatic rings. The molecule has 0 saturated carbocycles. The zero-order chi connectivity index (χ0) is 18.1. The van der Waals surface area contributed by atoms with Crippen molar-refractivity contribution in [1.29, 1.82) is 5.26 Å². The van der Waals surface area contributed by atoms with Gasteiger partial charge in [-0.25, -0.2) is 4.79 Å². The Labute approximate surface area is 145 Å². The van der Waals surface area contributed by atoms with Gasteiger partial charge >= 0.3 is 6.03 Å². The van der Waals surface area contributed by atoms with Crippen molar-refractivity contribution in [3.63, 3.8) is 0 Å². The third kappa shape index (κ3) is 3.07. The minimum Gasteiger partial charge on any atom is -0.506 e. The monoisotopic (exact) mass is 346 g/mol. The van der Waals surface area contributed by atoms with Gasteiger partial charge in [0, 0.05) is 26.3 Å². The highest BCUT2D eigenvalue weighted by molar-refractivity contribution is 5.79. The zero-order valence-corrected chi connectivity index (χ0v) is 14.2. The fraction of sp³-hybridized carbons (Fsp3) is 0.562. The number of rotatable bonds is 3. The molecule has 134 valence electrons. The summed E-state index contributed by atoms with van der Waals surface area (Å²) in [6.45, 7) is 3.20. The number of nitriles is 1. The number of amides is 3. The molecule has 0 aromatic heterocycles. The number of nitrogens with one attached hydrogen (secondary N) is 3. The van der Waals surface area contributed by atoms with Crippen LogP contribution in [0.5, 0.6) is 0 Å². The van der Waals surface area contributed by atoms with Crippen LogP contribution in [0.15, 0.2) is 23.4 Å². The summed E-state index contributed by atoms with van der Waals surface area (Å²) in [4.78, 5) is 27.6. The first kappa shape index (κ1) is 17.0. The molecule has 3 heterocycles. The Morgan fingerprint density at radius 2 is 2.32 bits per heavy atom. The number of aliphatic hydroxyl groups is 1. The number of likely N-dealkylation sites (tertiary alicyclic amines) is 1. The lowest BCUT2D eigenvalue weighted by Crippen LogP contribution is -2.58. The molecule has 1 saturated heterocycles. The molecule has 0 bridgehead atoms. The summed E-state index contributed by atoms with van der Waals surface area (Å²) >= 11 is 0. The van der Waals surface area contributed by atoms with Gasteiger partial charge in [0.1, 0.15) is 24.2 Å². The van der Waals surface area contributed by atoms with Crippen molar-refractivity contribution in [2.24, 2.45) is 5.92 Å². The first-order valence-corrected chi connectivity index (χ1v) is 8.27. The molecular formula is C16H22N6O3. The average molecular weight is 346 g/mol. The van der Waals surface area contributed by atoms with E-state index >= 15 is 0 Å². The maximum atomic E-state index is 12.1. The van der Waals surface area contributed by atoms with E-state index in [0.717, 1.165) is 6.42 Å². The van der Waals surface area contributed by atoms with Crippen LogP contribution >= 0.6 is 0 Å². The number of aliphatic hydroxyl groups excluding tert-OH is 1. The SMILES string of the molecule is CC1CCN(C(=O)CC#N)CC1N(C)C1=C2C(O)=CNC2NC(=O)N1. The van der Waals surface area contributed by atoms with Crippen LogP contribution in [0, 0.1) is 17.2 Å². The average Bonchev–Trinajstić information content (AvgIpc) is 2.95. The Balaban J connectivity index is 1.85. The fourth-order valence-corrected chi connectivity index (χ4v) is 3.59. The van der Waals surface area contributed by atoms with Crippen LogP contribution in [-0.4, -0.2) is 59.2 Å². The Morgan fingerprint density at radius 3 is 3.04 bits per heavy atom. The van der Waals surface area contributed by atoms with Crippen LogP contribution in [0.1, 0.15) is 19.8 Å². The number of carbonyl (C=O) groups excluding carboxylic acids is 2. The molecule has 9 nitrogen and oxygen atoms in total. The maximum Gasteiger partial charge on any atom is 0.322 e. The first-order valence-electron chi connectivity index (χ1n) is 8.27. The first-order chi connectivity index (χ1) is 11.9. The summed E-state index contributed by atoms with van der Waals surface area (Å²) in [5, 5.41) is 27.2.